The molecule has 2 fully saturated rings. The fourth-order valence-corrected chi connectivity index (χ4v) is 5.66. The van der Waals surface area contributed by atoms with Crippen LogP contribution in [-0.4, -0.2) is 34.3 Å². The molecule has 0 amide bonds. The lowest BCUT2D eigenvalue weighted by Gasteiger charge is -2.30. The molecule has 2 rings (SSSR count). The molecule has 0 spiro atoms. The Morgan fingerprint density at radius 3 is 2.78 bits per heavy atom. The minimum atomic E-state index is 0.0344. The highest BCUT2D eigenvalue weighted by Crippen LogP contribution is 2.42. The van der Waals surface area contributed by atoms with Gasteiger partial charge < -0.3 is 10.4 Å². The molecule has 2 N–H and O–H groups in total. The molecule has 0 aromatic heterocycles. The molecule has 0 aliphatic heterocycles. The van der Waals surface area contributed by atoms with Crippen LogP contribution in [0.15, 0.2) is 0 Å². The lowest BCUT2D eigenvalue weighted by Crippen LogP contribution is -2.46. The van der Waals surface area contributed by atoms with Crippen molar-refractivity contribution in [1.29, 1.82) is 0 Å². The Labute approximate surface area is 116 Å². The molecule has 0 aromatic rings. The first kappa shape index (κ1) is 14.7. The first-order chi connectivity index (χ1) is 8.67. The normalized spacial score (nSPS) is 41.2. The van der Waals surface area contributed by atoms with Crippen molar-refractivity contribution in [3.05, 3.63) is 0 Å². The van der Waals surface area contributed by atoms with Crippen molar-refractivity contribution in [3.8, 4) is 0 Å². The standard InChI is InChI=1S/C15H29NOS/c1-3-16-15(11-17)8-7-14(10-15)18-13-6-4-5-12(2)9-13/h12-14,16-17H,3-11H2,1-2H3. The predicted octanol–water partition coefficient (Wildman–Crippen LogP) is 3.19. The minimum Gasteiger partial charge on any atom is -0.394 e. The molecule has 2 aliphatic carbocycles. The summed E-state index contributed by atoms with van der Waals surface area (Å²) in [6.45, 7) is 5.82. The number of hydrogen-bond acceptors (Lipinski definition) is 3. The Hall–Kier alpha value is 0.270. The topological polar surface area (TPSA) is 32.3 Å². The molecule has 4 unspecified atom stereocenters. The lowest BCUT2D eigenvalue weighted by atomic mass is 9.91. The van der Waals surface area contributed by atoms with E-state index >= 15 is 0 Å². The van der Waals surface area contributed by atoms with E-state index < -0.39 is 0 Å². The molecule has 3 heteroatoms. The maximum absolute atomic E-state index is 9.64. The average Bonchev–Trinajstić information content (AvgIpc) is 2.74. The van der Waals surface area contributed by atoms with Gasteiger partial charge in [0.15, 0.2) is 0 Å². The van der Waals surface area contributed by atoms with Crippen molar-refractivity contribution in [1.82, 2.24) is 5.32 Å². The summed E-state index contributed by atoms with van der Waals surface area (Å²) >= 11 is 2.22. The van der Waals surface area contributed by atoms with Gasteiger partial charge in [0, 0.05) is 16.0 Å². The first-order valence-electron chi connectivity index (χ1n) is 7.69. The van der Waals surface area contributed by atoms with Gasteiger partial charge in [-0.3, -0.25) is 0 Å². The molecule has 0 saturated heterocycles. The highest BCUT2D eigenvalue weighted by molar-refractivity contribution is 8.00. The summed E-state index contributed by atoms with van der Waals surface area (Å²) in [4.78, 5) is 0. The molecule has 0 bridgehead atoms. The van der Waals surface area contributed by atoms with Gasteiger partial charge in [0.05, 0.1) is 6.61 Å². The van der Waals surface area contributed by atoms with Crippen molar-refractivity contribution in [2.45, 2.75) is 74.8 Å². The van der Waals surface area contributed by atoms with E-state index in [1.54, 1.807) is 0 Å². The molecule has 0 aromatic carbocycles. The fourth-order valence-electron chi connectivity index (χ4n) is 3.70. The van der Waals surface area contributed by atoms with E-state index in [9.17, 15) is 5.11 Å². The van der Waals surface area contributed by atoms with Crippen LogP contribution >= 0.6 is 11.8 Å². The van der Waals surface area contributed by atoms with Gasteiger partial charge in [0.25, 0.3) is 0 Å². The van der Waals surface area contributed by atoms with Crippen LogP contribution in [-0.2, 0) is 0 Å². The third-order valence-corrected chi connectivity index (χ3v) is 6.29. The van der Waals surface area contributed by atoms with Crippen LogP contribution in [0, 0.1) is 5.92 Å². The summed E-state index contributed by atoms with van der Waals surface area (Å²) < 4.78 is 0. The van der Waals surface area contributed by atoms with Gasteiger partial charge in [-0.05, 0) is 44.6 Å². The number of aliphatic hydroxyl groups is 1. The van der Waals surface area contributed by atoms with Crippen molar-refractivity contribution < 1.29 is 5.11 Å². The quantitative estimate of drug-likeness (QED) is 0.805. The van der Waals surface area contributed by atoms with E-state index in [4.69, 9.17) is 0 Å². The molecule has 18 heavy (non-hydrogen) atoms. The molecule has 106 valence electrons. The Balaban J connectivity index is 1.81. The van der Waals surface area contributed by atoms with E-state index in [1.165, 1.54) is 32.1 Å². The number of thioether (sulfide) groups is 1. The smallest absolute Gasteiger partial charge is 0.0613 e. The SMILES string of the molecule is CCNC1(CO)CCC(SC2CCCC(C)C2)C1. The highest BCUT2D eigenvalue weighted by atomic mass is 32.2. The van der Waals surface area contributed by atoms with Gasteiger partial charge in [-0.1, -0.05) is 26.7 Å². The largest absolute Gasteiger partial charge is 0.394 e. The molecule has 2 saturated carbocycles. The summed E-state index contributed by atoms with van der Waals surface area (Å²) in [5, 5.41) is 14.8. The van der Waals surface area contributed by atoms with Crippen LogP contribution in [0.1, 0.15) is 58.8 Å². The average molecular weight is 271 g/mol. The van der Waals surface area contributed by atoms with Gasteiger partial charge in [-0.15, -0.1) is 0 Å². The Kier molecular flexibility index (Phi) is 5.40. The maximum atomic E-state index is 9.64. The van der Waals surface area contributed by atoms with Crippen LogP contribution in [0.4, 0.5) is 0 Å². The third-order valence-electron chi connectivity index (χ3n) is 4.69. The number of rotatable bonds is 5. The van der Waals surface area contributed by atoms with E-state index in [0.717, 1.165) is 35.8 Å². The Morgan fingerprint density at radius 2 is 2.11 bits per heavy atom. The monoisotopic (exact) mass is 271 g/mol. The lowest BCUT2D eigenvalue weighted by molar-refractivity contribution is 0.167. The minimum absolute atomic E-state index is 0.0344. The summed E-state index contributed by atoms with van der Waals surface area (Å²) in [7, 11) is 0. The van der Waals surface area contributed by atoms with Crippen molar-refractivity contribution >= 4 is 11.8 Å². The molecule has 0 heterocycles. The second kappa shape index (κ2) is 6.62. The molecular formula is C15H29NOS. The van der Waals surface area contributed by atoms with E-state index in [0.29, 0.717) is 6.61 Å². The summed E-state index contributed by atoms with van der Waals surface area (Å²) in [5.74, 6) is 0.925. The molecule has 2 aliphatic rings. The highest BCUT2D eigenvalue weighted by Gasteiger charge is 2.39. The van der Waals surface area contributed by atoms with Crippen LogP contribution in [0.5, 0.6) is 0 Å². The van der Waals surface area contributed by atoms with Crippen LogP contribution in [0.25, 0.3) is 0 Å². The summed E-state index contributed by atoms with van der Waals surface area (Å²) in [5.41, 5.74) is 0.0344. The van der Waals surface area contributed by atoms with E-state index in [2.05, 4.69) is 30.9 Å². The zero-order chi connectivity index (χ0) is 13.0. The van der Waals surface area contributed by atoms with Crippen molar-refractivity contribution in [2.75, 3.05) is 13.2 Å². The molecule has 0 radical (unpaired) electrons. The number of hydrogen-bond donors (Lipinski definition) is 2. The maximum Gasteiger partial charge on any atom is 0.0613 e. The number of likely N-dealkylation sites (N-methyl/N-ethyl adjacent to an activating group) is 1. The van der Waals surface area contributed by atoms with Gasteiger partial charge in [-0.25, -0.2) is 0 Å². The fraction of sp³-hybridized carbons (Fsp3) is 1.00. The third kappa shape index (κ3) is 3.64. The number of nitrogens with one attached hydrogen (secondary N) is 1. The second-order valence-corrected chi connectivity index (χ2v) is 7.97. The summed E-state index contributed by atoms with van der Waals surface area (Å²) in [6, 6.07) is 0. The number of aliphatic hydroxyl groups excluding tert-OH is 1. The van der Waals surface area contributed by atoms with Gasteiger partial charge in [-0.2, -0.15) is 11.8 Å². The summed E-state index contributed by atoms with van der Waals surface area (Å²) in [6.07, 6.45) is 9.27. The Morgan fingerprint density at radius 1 is 1.28 bits per heavy atom. The van der Waals surface area contributed by atoms with Crippen LogP contribution in [0.3, 0.4) is 0 Å². The zero-order valence-electron chi connectivity index (χ0n) is 12.0. The van der Waals surface area contributed by atoms with Gasteiger partial charge >= 0.3 is 0 Å². The zero-order valence-corrected chi connectivity index (χ0v) is 12.8. The van der Waals surface area contributed by atoms with Gasteiger partial charge in [0.2, 0.25) is 0 Å². The van der Waals surface area contributed by atoms with Crippen LogP contribution in [0.2, 0.25) is 0 Å². The van der Waals surface area contributed by atoms with Gasteiger partial charge in [0.1, 0.15) is 0 Å². The second-order valence-electron chi connectivity index (χ2n) is 6.36. The van der Waals surface area contributed by atoms with Crippen molar-refractivity contribution in [2.24, 2.45) is 5.92 Å². The van der Waals surface area contributed by atoms with Crippen LogP contribution < -0.4 is 5.32 Å². The first-order valence-corrected chi connectivity index (χ1v) is 8.63. The molecule has 2 nitrogen and oxygen atoms in total. The van der Waals surface area contributed by atoms with Crippen molar-refractivity contribution in [3.63, 3.8) is 0 Å². The van der Waals surface area contributed by atoms with E-state index in [1.807, 2.05) is 0 Å². The molecular weight excluding hydrogens is 242 g/mol. The Bertz CT molecular complexity index is 261. The predicted molar refractivity (Wildman–Crippen MR) is 80.1 cm³/mol. The van der Waals surface area contributed by atoms with E-state index in [-0.39, 0.29) is 5.54 Å². The molecule has 4 atom stereocenters.